The monoisotopic (exact) mass is 237 g/mol. The summed E-state index contributed by atoms with van der Waals surface area (Å²) in [4.78, 5) is 0. The summed E-state index contributed by atoms with van der Waals surface area (Å²) >= 11 is 1.54. The van der Waals surface area contributed by atoms with Crippen molar-refractivity contribution in [3.8, 4) is 5.75 Å². The third kappa shape index (κ3) is 1.94. The molecule has 0 aliphatic rings. The summed E-state index contributed by atoms with van der Waals surface area (Å²) in [6.07, 6.45) is 0. The van der Waals surface area contributed by atoms with E-state index in [2.05, 4.69) is 0 Å². The molecular formula is C12H12FNOS. The Morgan fingerprint density at radius 2 is 2.19 bits per heavy atom. The van der Waals surface area contributed by atoms with Crippen LogP contribution in [0, 0.1) is 5.82 Å². The number of benzene rings is 1. The molecule has 0 amide bonds. The molecule has 0 radical (unpaired) electrons. The molecular weight excluding hydrogens is 225 g/mol. The number of ether oxygens (including phenoxy) is 1. The topological polar surface area (TPSA) is 35.2 Å². The Morgan fingerprint density at radius 3 is 2.81 bits per heavy atom. The van der Waals surface area contributed by atoms with Gasteiger partial charge in [-0.05, 0) is 28.5 Å². The zero-order valence-electron chi connectivity index (χ0n) is 8.81. The first kappa shape index (κ1) is 11.1. The maximum absolute atomic E-state index is 13.9. The van der Waals surface area contributed by atoms with Crippen LogP contribution in [0.25, 0.3) is 0 Å². The second-order valence-corrected chi connectivity index (χ2v) is 4.18. The molecule has 0 bridgehead atoms. The standard InChI is InChI=1S/C12H12FNOS/c1-15-10-4-2-3-9(11(10)13)12(14)8-5-6-16-7-8/h2-7,12H,14H2,1H3/t12-/m0/s1. The molecule has 0 saturated carbocycles. The second kappa shape index (κ2) is 4.63. The van der Waals surface area contributed by atoms with Gasteiger partial charge in [-0.1, -0.05) is 12.1 Å². The Kier molecular flexibility index (Phi) is 3.22. The van der Waals surface area contributed by atoms with E-state index in [-0.39, 0.29) is 11.6 Å². The van der Waals surface area contributed by atoms with Gasteiger partial charge in [-0.25, -0.2) is 4.39 Å². The van der Waals surface area contributed by atoms with Crippen molar-refractivity contribution in [2.75, 3.05) is 7.11 Å². The lowest BCUT2D eigenvalue weighted by Gasteiger charge is -2.13. The van der Waals surface area contributed by atoms with Crippen molar-refractivity contribution in [3.05, 3.63) is 52.0 Å². The fourth-order valence-corrected chi connectivity index (χ4v) is 2.25. The van der Waals surface area contributed by atoms with E-state index in [0.717, 1.165) is 5.56 Å². The van der Waals surface area contributed by atoms with E-state index >= 15 is 0 Å². The van der Waals surface area contributed by atoms with E-state index in [1.54, 1.807) is 29.5 Å². The maximum Gasteiger partial charge on any atom is 0.170 e. The molecule has 0 saturated heterocycles. The fourth-order valence-electron chi connectivity index (χ4n) is 1.56. The van der Waals surface area contributed by atoms with Crippen molar-refractivity contribution in [1.82, 2.24) is 0 Å². The van der Waals surface area contributed by atoms with Crippen molar-refractivity contribution in [1.29, 1.82) is 0 Å². The summed E-state index contributed by atoms with van der Waals surface area (Å²) in [6, 6.07) is 6.46. The highest BCUT2D eigenvalue weighted by atomic mass is 32.1. The van der Waals surface area contributed by atoms with E-state index in [4.69, 9.17) is 10.5 Å². The lowest BCUT2D eigenvalue weighted by atomic mass is 10.0. The normalized spacial score (nSPS) is 12.4. The van der Waals surface area contributed by atoms with Crippen LogP contribution in [0.2, 0.25) is 0 Å². The van der Waals surface area contributed by atoms with Crippen LogP contribution >= 0.6 is 11.3 Å². The van der Waals surface area contributed by atoms with Gasteiger partial charge < -0.3 is 10.5 Å². The zero-order chi connectivity index (χ0) is 11.5. The maximum atomic E-state index is 13.9. The van der Waals surface area contributed by atoms with E-state index in [9.17, 15) is 4.39 Å². The predicted octanol–water partition coefficient (Wildman–Crippen LogP) is 2.94. The molecule has 84 valence electrons. The number of hydrogen-bond acceptors (Lipinski definition) is 3. The summed E-state index contributed by atoms with van der Waals surface area (Å²) in [5, 5.41) is 3.84. The molecule has 4 heteroatoms. The Bertz CT molecular complexity index is 470. The van der Waals surface area contributed by atoms with E-state index in [1.807, 2.05) is 16.8 Å². The lowest BCUT2D eigenvalue weighted by molar-refractivity contribution is 0.383. The highest BCUT2D eigenvalue weighted by Crippen LogP contribution is 2.28. The molecule has 0 spiro atoms. The van der Waals surface area contributed by atoms with Gasteiger partial charge in [0.1, 0.15) is 0 Å². The highest BCUT2D eigenvalue weighted by molar-refractivity contribution is 7.08. The summed E-state index contributed by atoms with van der Waals surface area (Å²) in [7, 11) is 1.44. The van der Waals surface area contributed by atoms with Gasteiger partial charge >= 0.3 is 0 Å². The molecule has 1 atom stereocenters. The van der Waals surface area contributed by atoms with Crippen LogP contribution in [-0.4, -0.2) is 7.11 Å². The van der Waals surface area contributed by atoms with E-state index in [1.165, 1.54) is 7.11 Å². The first-order chi connectivity index (χ1) is 7.74. The Balaban J connectivity index is 2.41. The summed E-state index contributed by atoms with van der Waals surface area (Å²) in [5.74, 6) is -0.160. The molecule has 16 heavy (non-hydrogen) atoms. The molecule has 0 aliphatic heterocycles. The SMILES string of the molecule is COc1cccc([C@@H](N)c2ccsc2)c1F. The number of rotatable bonds is 3. The Labute approximate surface area is 97.5 Å². The minimum atomic E-state index is -0.443. The van der Waals surface area contributed by atoms with E-state index in [0.29, 0.717) is 5.56 Å². The van der Waals surface area contributed by atoms with Gasteiger partial charge in [0.15, 0.2) is 11.6 Å². The number of halogens is 1. The quantitative estimate of drug-likeness (QED) is 0.890. The van der Waals surface area contributed by atoms with Gasteiger partial charge in [-0.2, -0.15) is 11.3 Å². The van der Waals surface area contributed by atoms with Crippen LogP contribution in [0.4, 0.5) is 4.39 Å². The van der Waals surface area contributed by atoms with Gasteiger partial charge in [-0.15, -0.1) is 0 Å². The lowest BCUT2D eigenvalue weighted by Crippen LogP contribution is -2.13. The van der Waals surface area contributed by atoms with Crippen molar-refractivity contribution in [2.45, 2.75) is 6.04 Å². The van der Waals surface area contributed by atoms with E-state index < -0.39 is 6.04 Å². The van der Waals surface area contributed by atoms with Gasteiger partial charge in [-0.3, -0.25) is 0 Å². The van der Waals surface area contributed by atoms with Crippen molar-refractivity contribution >= 4 is 11.3 Å². The van der Waals surface area contributed by atoms with Crippen molar-refractivity contribution in [3.63, 3.8) is 0 Å². The largest absolute Gasteiger partial charge is 0.494 e. The van der Waals surface area contributed by atoms with Crippen LogP contribution in [0.5, 0.6) is 5.75 Å². The average molecular weight is 237 g/mol. The van der Waals surface area contributed by atoms with Gasteiger partial charge in [0.25, 0.3) is 0 Å². The molecule has 2 aromatic rings. The van der Waals surface area contributed by atoms with Crippen LogP contribution in [-0.2, 0) is 0 Å². The van der Waals surface area contributed by atoms with Crippen molar-refractivity contribution < 1.29 is 9.13 Å². The average Bonchev–Trinajstić information content (AvgIpc) is 2.82. The third-order valence-electron chi connectivity index (χ3n) is 2.45. The van der Waals surface area contributed by atoms with Gasteiger partial charge in [0, 0.05) is 5.56 Å². The van der Waals surface area contributed by atoms with Crippen LogP contribution in [0.1, 0.15) is 17.2 Å². The smallest absolute Gasteiger partial charge is 0.170 e. The molecule has 1 heterocycles. The minimum Gasteiger partial charge on any atom is -0.494 e. The third-order valence-corrected chi connectivity index (χ3v) is 3.15. The summed E-state index contributed by atoms with van der Waals surface area (Å²) in [5.41, 5.74) is 7.37. The molecule has 2 rings (SSSR count). The molecule has 2 nitrogen and oxygen atoms in total. The first-order valence-corrected chi connectivity index (χ1v) is 5.78. The van der Waals surface area contributed by atoms with Crippen LogP contribution in [0.15, 0.2) is 35.0 Å². The number of nitrogens with two attached hydrogens (primary N) is 1. The number of thiophene rings is 1. The van der Waals surface area contributed by atoms with Crippen LogP contribution in [0.3, 0.4) is 0 Å². The molecule has 0 unspecified atom stereocenters. The van der Waals surface area contributed by atoms with Crippen LogP contribution < -0.4 is 10.5 Å². The zero-order valence-corrected chi connectivity index (χ0v) is 9.63. The fraction of sp³-hybridized carbons (Fsp3) is 0.167. The van der Waals surface area contributed by atoms with Gasteiger partial charge in [0.2, 0.25) is 0 Å². The first-order valence-electron chi connectivity index (χ1n) is 4.84. The molecule has 1 aromatic carbocycles. The van der Waals surface area contributed by atoms with Crippen molar-refractivity contribution in [2.24, 2.45) is 5.73 Å². The highest BCUT2D eigenvalue weighted by Gasteiger charge is 2.16. The minimum absolute atomic E-state index is 0.225. The second-order valence-electron chi connectivity index (χ2n) is 3.40. The number of hydrogen-bond donors (Lipinski definition) is 1. The molecule has 1 aromatic heterocycles. The predicted molar refractivity (Wildman–Crippen MR) is 63.3 cm³/mol. The molecule has 0 fully saturated rings. The molecule has 0 aliphatic carbocycles. The summed E-state index contributed by atoms with van der Waals surface area (Å²) < 4.78 is 18.8. The van der Waals surface area contributed by atoms with Gasteiger partial charge in [0.05, 0.1) is 13.2 Å². The Hall–Kier alpha value is -1.39. The molecule has 2 N–H and O–H groups in total. The Morgan fingerprint density at radius 1 is 1.38 bits per heavy atom. The summed E-state index contributed by atoms with van der Waals surface area (Å²) in [6.45, 7) is 0. The number of methoxy groups -OCH3 is 1.